The Labute approximate surface area is 86.2 Å². The quantitative estimate of drug-likeness (QED) is 0.659. The van der Waals surface area contributed by atoms with Gasteiger partial charge in [0.05, 0.1) is 0 Å². The molecule has 0 saturated carbocycles. The fraction of sp³-hybridized carbons (Fsp3) is 0.900. The third-order valence-corrected chi connectivity index (χ3v) is 2.03. The van der Waals surface area contributed by atoms with E-state index in [0.717, 1.165) is 6.42 Å². The van der Waals surface area contributed by atoms with E-state index >= 15 is 0 Å². The third kappa shape index (κ3) is 5.19. The van der Waals surface area contributed by atoms with Crippen LogP contribution in [0.5, 0.6) is 0 Å². The Hall–Kier alpha value is -0.610. The number of carbonyl (C=O) groups is 1. The van der Waals surface area contributed by atoms with Gasteiger partial charge in [0.2, 0.25) is 5.91 Å². The maximum absolute atomic E-state index is 11.3. The molecular weight excluding hydrogens is 180 g/mol. The van der Waals surface area contributed by atoms with Crippen molar-refractivity contribution < 1.29 is 9.53 Å². The molecule has 1 atom stereocenters. The summed E-state index contributed by atoms with van der Waals surface area (Å²) in [4.78, 5) is 11.3. The fourth-order valence-electron chi connectivity index (χ4n) is 1.59. The lowest BCUT2D eigenvalue weighted by molar-refractivity contribution is -0.126. The minimum atomic E-state index is -0.316. The smallest absolute Gasteiger partial charge is 0.246 e. The molecule has 3 N–H and O–H groups in total. The highest BCUT2D eigenvalue weighted by molar-refractivity contribution is 5.78. The molecule has 0 aromatic carbocycles. The van der Waals surface area contributed by atoms with Crippen LogP contribution in [0.1, 0.15) is 27.2 Å². The van der Waals surface area contributed by atoms with Crippen molar-refractivity contribution in [2.24, 2.45) is 11.7 Å². The lowest BCUT2D eigenvalue weighted by Gasteiger charge is -2.31. The van der Waals surface area contributed by atoms with Gasteiger partial charge in [0.1, 0.15) is 6.61 Å². The van der Waals surface area contributed by atoms with Gasteiger partial charge in [0.15, 0.2) is 0 Å². The molecule has 0 bridgehead atoms. The summed E-state index contributed by atoms with van der Waals surface area (Å²) in [6.45, 7) is 6.71. The zero-order valence-electron chi connectivity index (χ0n) is 9.59. The van der Waals surface area contributed by atoms with E-state index in [9.17, 15) is 4.79 Å². The van der Waals surface area contributed by atoms with Gasteiger partial charge in [-0.05, 0) is 19.3 Å². The molecule has 0 radical (unpaired) electrons. The second kappa shape index (κ2) is 5.98. The highest BCUT2D eigenvalue weighted by Gasteiger charge is 2.25. The fourth-order valence-corrected chi connectivity index (χ4v) is 1.59. The van der Waals surface area contributed by atoms with Crippen LogP contribution in [0.4, 0.5) is 0 Å². The maximum Gasteiger partial charge on any atom is 0.246 e. The molecule has 1 amide bonds. The molecule has 0 rings (SSSR count). The Morgan fingerprint density at radius 3 is 2.50 bits per heavy atom. The first-order valence-electron chi connectivity index (χ1n) is 4.93. The Morgan fingerprint density at radius 2 is 2.14 bits per heavy atom. The van der Waals surface area contributed by atoms with Crippen molar-refractivity contribution in [2.45, 2.75) is 32.7 Å². The molecule has 4 heteroatoms. The highest BCUT2D eigenvalue weighted by Crippen LogP contribution is 2.14. The summed E-state index contributed by atoms with van der Waals surface area (Å²) in [5.41, 5.74) is 5.33. The molecule has 0 aromatic rings. The molecule has 0 saturated heterocycles. The standard InChI is InChI=1S/C10H22N2O2/c1-8(2)5-10(3,7-11)12-9(13)6-14-4/h8H,5-7,11H2,1-4H3,(H,12,13). The molecule has 4 nitrogen and oxygen atoms in total. The third-order valence-electron chi connectivity index (χ3n) is 2.03. The second-order valence-corrected chi connectivity index (χ2v) is 4.34. The van der Waals surface area contributed by atoms with E-state index in [0.29, 0.717) is 12.5 Å². The average Bonchev–Trinajstić information content (AvgIpc) is 2.02. The molecule has 14 heavy (non-hydrogen) atoms. The lowest BCUT2D eigenvalue weighted by Crippen LogP contribution is -2.53. The number of rotatable bonds is 6. The van der Waals surface area contributed by atoms with Crippen LogP contribution in [0.2, 0.25) is 0 Å². The molecule has 84 valence electrons. The number of hydrogen-bond acceptors (Lipinski definition) is 3. The molecule has 1 unspecified atom stereocenters. The number of ether oxygens (including phenoxy) is 1. The van der Waals surface area contributed by atoms with Crippen LogP contribution in [0.25, 0.3) is 0 Å². The number of nitrogens with one attached hydrogen (secondary N) is 1. The predicted octanol–water partition coefficient (Wildman–Crippen LogP) is 0.513. The number of hydrogen-bond donors (Lipinski definition) is 2. The van der Waals surface area contributed by atoms with Crippen molar-refractivity contribution in [3.63, 3.8) is 0 Å². The van der Waals surface area contributed by atoms with Crippen molar-refractivity contribution in [2.75, 3.05) is 20.3 Å². The molecule has 0 aliphatic heterocycles. The van der Waals surface area contributed by atoms with Gasteiger partial charge in [-0.3, -0.25) is 4.79 Å². The van der Waals surface area contributed by atoms with Crippen molar-refractivity contribution >= 4 is 5.91 Å². The molecule has 0 aliphatic carbocycles. The highest BCUT2D eigenvalue weighted by atomic mass is 16.5. The Balaban J connectivity index is 4.17. The number of carbonyl (C=O) groups excluding carboxylic acids is 1. The monoisotopic (exact) mass is 202 g/mol. The summed E-state index contributed by atoms with van der Waals surface area (Å²) in [6.07, 6.45) is 0.874. The van der Waals surface area contributed by atoms with Gasteiger partial charge in [-0.25, -0.2) is 0 Å². The minimum Gasteiger partial charge on any atom is -0.375 e. The predicted molar refractivity (Wildman–Crippen MR) is 56.9 cm³/mol. The van der Waals surface area contributed by atoms with Crippen molar-refractivity contribution in [3.8, 4) is 0 Å². The van der Waals surface area contributed by atoms with E-state index in [-0.39, 0.29) is 18.1 Å². The zero-order chi connectivity index (χ0) is 11.2. The van der Waals surface area contributed by atoms with Crippen molar-refractivity contribution in [1.29, 1.82) is 0 Å². The topological polar surface area (TPSA) is 64.3 Å². The van der Waals surface area contributed by atoms with Crippen molar-refractivity contribution in [1.82, 2.24) is 5.32 Å². The molecule has 0 aliphatic rings. The number of nitrogens with two attached hydrogens (primary N) is 1. The van der Waals surface area contributed by atoms with Crippen LogP contribution in [-0.4, -0.2) is 31.7 Å². The van der Waals surface area contributed by atoms with Crippen LogP contribution in [0, 0.1) is 5.92 Å². The first-order valence-corrected chi connectivity index (χ1v) is 4.93. The van der Waals surface area contributed by atoms with E-state index < -0.39 is 0 Å². The van der Waals surface area contributed by atoms with Crippen molar-refractivity contribution in [3.05, 3.63) is 0 Å². The lowest BCUT2D eigenvalue weighted by atomic mass is 9.91. The van der Waals surface area contributed by atoms with E-state index in [4.69, 9.17) is 10.5 Å². The summed E-state index contributed by atoms with van der Waals surface area (Å²) in [5.74, 6) is 0.396. The summed E-state index contributed by atoms with van der Waals surface area (Å²) < 4.78 is 4.75. The number of methoxy groups -OCH3 is 1. The van der Waals surface area contributed by atoms with Gasteiger partial charge in [0, 0.05) is 19.2 Å². The Bertz CT molecular complexity index is 183. The first kappa shape index (κ1) is 13.4. The summed E-state index contributed by atoms with van der Waals surface area (Å²) >= 11 is 0. The average molecular weight is 202 g/mol. The van der Waals surface area contributed by atoms with Gasteiger partial charge < -0.3 is 15.8 Å². The van der Waals surface area contributed by atoms with Crippen LogP contribution >= 0.6 is 0 Å². The minimum absolute atomic E-state index is 0.0910. The second-order valence-electron chi connectivity index (χ2n) is 4.34. The molecule has 0 spiro atoms. The van der Waals surface area contributed by atoms with Gasteiger partial charge in [-0.2, -0.15) is 0 Å². The molecular formula is C10H22N2O2. The summed E-state index contributed by atoms with van der Waals surface area (Å²) in [5, 5.41) is 2.89. The molecule has 0 heterocycles. The van der Waals surface area contributed by atoms with E-state index in [2.05, 4.69) is 19.2 Å². The summed E-state index contributed by atoms with van der Waals surface area (Å²) in [7, 11) is 1.50. The van der Waals surface area contributed by atoms with E-state index in [1.165, 1.54) is 7.11 Å². The van der Waals surface area contributed by atoms with Gasteiger partial charge in [-0.1, -0.05) is 13.8 Å². The van der Waals surface area contributed by atoms with Crippen LogP contribution in [0.3, 0.4) is 0 Å². The largest absolute Gasteiger partial charge is 0.375 e. The molecule has 0 aromatic heterocycles. The van der Waals surface area contributed by atoms with Crippen LogP contribution in [-0.2, 0) is 9.53 Å². The van der Waals surface area contributed by atoms with Crippen LogP contribution in [0.15, 0.2) is 0 Å². The Morgan fingerprint density at radius 1 is 1.57 bits per heavy atom. The first-order chi connectivity index (χ1) is 6.43. The Kier molecular flexibility index (Phi) is 5.72. The molecule has 0 fully saturated rings. The van der Waals surface area contributed by atoms with E-state index in [1.807, 2.05) is 6.92 Å². The maximum atomic E-state index is 11.3. The number of amides is 1. The van der Waals surface area contributed by atoms with Gasteiger partial charge >= 0.3 is 0 Å². The normalized spacial score (nSPS) is 15.3. The zero-order valence-corrected chi connectivity index (χ0v) is 9.59. The SMILES string of the molecule is COCC(=O)NC(C)(CN)CC(C)C. The van der Waals surface area contributed by atoms with Gasteiger partial charge in [-0.15, -0.1) is 0 Å². The van der Waals surface area contributed by atoms with E-state index in [1.54, 1.807) is 0 Å². The summed E-state index contributed by atoms with van der Waals surface area (Å²) in [6, 6.07) is 0. The van der Waals surface area contributed by atoms with Crippen LogP contribution < -0.4 is 11.1 Å². The van der Waals surface area contributed by atoms with Gasteiger partial charge in [0.25, 0.3) is 0 Å².